The van der Waals surface area contributed by atoms with Crippen LogP contribution < -0.4 is 10.1 Å². The van der Waals surface area contributed by atoms with Crippen LogP contribution in [-0.4, -0.2) is 35.9 Å². The smallest absolute Gasteiger partial charge is 0.244 e. The van der Waals surface area contributed by atoms with Gasteiger partial charge in [-0.1, -0.05) is 48.5 Å². The van der Waals surface area contributed by atoms with Crippen molar-refractivity contribution in [2.45, 2.75) is 26.5 Å². The van der Waals surface area contributed by atoms with Gasteiger partial charge in [0.25, 0.3) is 0 Å². The molecule has 1 aromatic heterocycles. The highest BCUT2D eigenvalue weighted by Gasteiger charge is 2.04. The number of benzene rings is 2. The highest BCUT2D eigenvalue weighted by Crippen LogP contribution is 2.21. The van der Waals surface area contributed by atoms with Crippen molar-refractivity contribution < 1.29 is 9.53 Å². The molecule has 0 spiro atoms. The first-order chi connectivity index (χ1) is 15.1. The molecule has 0 unspecified atom stereocenters. The van der Waals surface area contributed by atoms with E-state index in [0.29, 0.717) is 13.2 Å². The zero-order valence-corrected chi connectivity index (χ0v) is 18.9. The van der Waals surface area contributed by atoms with Gasteiger partial charge in [-0.15, -0.1) is 11.3 Å². The lowest BCUT2D eigenvalue weighted by Crippen LogP contribution is -2.26. The predicted octanol–water partition coefficient (Wildman–Crippen LogP) is 4.68. The molecule has 1 heterocycles. The lowest BCUT2D eigenvalue weighted by Gasteiger charge is -2.16. The van der Waals surface area contributed by atoms with Gasteiger partial charge in [0.1, 0.15) is 12.4 Å². The quantitative estimate of drug-likeness (QED) is 0.351. The minimum atomic E-state index is -0.101. The van der Waals surface area contributed by atoms with Crippen molar-refractivity contribution in [3.63, 3.8) is 0 Å². The van der Waals surface area contributed by atoms with Crippen LogP contribution in [0.3, 0.4) is 0 Å². The fourth-order valence-electron chi connectivity index (χ4n) is 3.13. The number of rotatable bonds is 11. The Hall–Kier alpha value is -2.96. The molecule has 0 saturated carbocycles. The summed E-state index contributed by atoms with van der Waals surface area (Å²) < 4.78 is 5.90. The molecule has 1 N–H and O–H groups in total. The third-order valence-electron chi connectivity index (χ3n) is 4.69. The van der Waals surface area contributed by atoms with E-state index in [0.717, 1.165) is 41.5 Å². The molecule has 0 saturated heterocycles. The number of amides is 1. The summed E-state index contributed by atoms with van der Waals surface area (Å²) in [6.45, 7) is 4.86. The van der Waals surface area contributed by atoms with E-state index in [1.807, 2.05) is 42.6 Å². The van der Waals surface area contributed by atoms with Gasteiger partial charge in [-0.05, 0) is 44.6 Å². The van der Waals surface area contributed by atoms with Gasteiger partial charge in [-0.2, -0.15) is 0 Å². The number of thiazole rings is 1. The maximum absolute atomic E-state index is 12.2. The van der Waals surface area contributed by atoms with Crippen molar-refractivity contribution in [3.8, 4) is 5.75 Å². The van der Waals surface area contributed by atoms with Crippen LogP contribution in [-0.2, 0) is 17.9 Å². The van der Waals surface area contributed by atoms with Gasteiger partial charge in [-0.3, -0.25) is 4.79 Å². The van der Waals surface area contributed by atoms with Crippen LogP contribution in [0.1, 0.15) is 28.2 Å². The summed E-state index contributed by atoms with van der Waals surface area (Å²) in [5.74, 6) is 0.635. The van der Waals surface area contributed by atoms with Crippen molar-refractivity contribution in [1.82, 2.24) is 15.2 Å². The van der Waals surface area contributed by atoms with E-state index in [1.54, 1.807) is 23.5 Å². The number of nitrogens with zero attached hydrogens (tertiary/aromatic N) is 2. The van der Waals surface area contributed by atoms with Crippen molar-refractivity contribution in [2.75, 3.05) is 20.1 Å². The van der Waals surface area contributed by atoms with Gasteiger partial charge in [0.2, 0.25) is 5.91 Å². The molecule has 0 atom stereocenters. The molecule has 3 rings (SSSR count). The Morgan fingerprint density at radius 3 is 2.71 bits per heavy atom. The number of para-hydroxylation sites is 1. The predicted molar refractivity (Wildman–Crippen MR) is 127 cm³/mol. The number of carbonyl (C=O) groups is 1. The van der Waals surface area contributed by atoms with Crippen LogP contribution in [0.4, 0.5) is 0 Å². The second-order valence-corrected chi connectivity index (χ2v) is 8.45. The Morgan fingerprint density at radius 2 is 1.94 bits per heavy atom. The summed E-state index contributed by atoms with van der Waals surface area (Å²) in [7, 11) is 2.10. The molecule has 6 heteroatoms. The number of hydrogen-bond acceptors (Lipinski definition) is 5. The summed E-state index contributed by atoms with van der Waals surface area (Å²) in [4.78, 5) is 18.9. The number of nitrogens with one attached hydrogen (secondary N) is 1. The van der Waals surface area contributed by atoms with E-state index >= 15 is 0 Å². The average molecular weight is 436 g/mol. The van der Waals surface area contributed by atoms with Gasteiger partial charge in [0.05, 0.1) is 10.7 Å². The minimum Gasteiger partial charge on any atom is -0.487 e. The zero-order chi connectivity index (χ0) is 21.9. The molecule has 3 aromatic rings. The Kier molecular flexibility index (Phi) is 8.82. The number of aryl methyl sites for hydroxylation is 1. The third-order valence-corrected chi connectivity index (χ3v) is 5.51. The molecule has 0 aliphatic carbocycles. The monoisotopic (exact) mass is 435 g/mol. The lowest BCUT2D eigenvalue weighted by atomic mass is 10.2. The summed E-state index contributed by atoms with van der Waals surface area (Å²) in [5.41, 5.74) is 3.08. The maximum Gasteiger partial charge on any atom is 0.244 e. The molecule has 2 aromatic carbocycles. The number of hydrogen-bond donors (Lipinski definition) is 1. The maximum atomic E-state index is 12.2. The van der Waals surface area contributed by atoms with Crippen molar-refractivity contribution in [2.24, 2.45) is 0 Å². The molecule has 0 bridgehead atoms. The van der Waals surface area contributed by atoms with Crippen LogP contribution >= 0.6 is 11.3 Å². The summed E-state index contributed by atoms with van der Waals surface area (Å²) in [6.07, 6.45) is 4.25. The lowest BCUT2D eigenvalue weighted by molar-refractivity contribution is -0.116. The first-order valence-corrected chi connectivity index (χ1v) is 11.3. The van der Waals surface area contributed by atoms with Crippen LogP contribution in [0.5, 0.6) is 5.75 Å². The van der Waals surface area contributed by atoms with Crippen molar-refractivity contribution in [3.05, 3.63) is 87.9 Å². The highest BCUT2D eigenvalue weighted by atomic mass is 32.1. The van der Waals surface area contributed by atoms with Crippen LogP contribution in [0, 0.1) is 6.92 Å². The fraction of sp³-hybridized carbons (Fsp3) is 0.280. The van der Waals surface area contributed by atoms with Gasteiger partial charge in [0, 0.05) is 30.1 Å². The molecule has 0 fully saturated rings. The molecular weight excluding hydrogens is 406 g/mol. The molecule has 162 valence electrons. The number of ether oxygens (including phenoxy) is 1. The second-order valence-electron chi connectivity index (χ2n) is 7.39. The normalized spacial score (nSPS) is 11.2. The Balaban J connectivity index is 1.40. The Bertz CT molecular complexity index is 985. The largest absolute Gasteiger partial charge is 0.487 e. The molecule has 0 aliphatic rings. The SMILES string of the molecule is Cc1nc(COc2ccccc2/C=C/C(=O)NCCCN(C)Cc2ccccc2)cs1. The topological polar surface area (TPSA) is 54.5 Å². The summed E-state index contributed by atoms with van der Waals surface area (Å²) in [5, 5.41) is 5.97. The summed E-state index contributed by atoms with van der Waals surface area (Å²) in [6, 6.07) is 18.1. The van der Waals surface area contributed by atoms with Gasteiger partial charge >= 0.3 is 0 Å². The second kappa shape index (κ2) is 12.0. The Morgan fingerprint density at radius 1 is 1.16 bits per heavy atom. The zero-order valence-electron chi connectivity index (χ0n) is 18.1. The first kappa shape index (κ1) is 22.7. The van der Waals surface area contributed by atoms with E-state index in [9.17, 15) is 4.79 Å². The molecule has 0 radical (unpaired) electrons. The van der Waals surface area contributed by atoms with Crippen LogP contribution in [0.15, 0.2) is 66.1 Å². The third kappa shape index (κ3) is 8.00. The van der Waals surface area contributed by atoms with E-state index in [1.165, 1.54) is 5.56 Å². The fourth-order valence-corrected chi connectivity index (χ4v) is 3.73. The summed E-state index contributed by atoms with van der Waals surface area (Å²) >= 11 is 1.61. The number of carbonyl (C=O) groups excluding carboxylic acids is 1. The molecule has 31 heavy (non-hydrogen) atoms. The number of aromatic nitrogens is 1. The van der Waals surface area contributed by atoms with Gasteiger partial charge < -0.3 is 15.0 Å². The van der Waals surface area contributed by atoms with E-state index < -0.39 is 0 Å². The van der Waals surface area contributed by atoms with E-state index in [4.69, 9.17) is 4.74 Å². The highest BCUT2D eigenvalue weighted by molar-refractivity contribution is 7.09. The molecule has 0 aliphatic heterocycles. The minimum absolute atomic E-state index is 0.101. The van der Waals surface area contributed by atoms with E-state index in [-0.39, 0.29) is 5.91 Å². The van der Waals surface area contributed by atoms with Crippen LogP contribution in [0.2, 0.25) is 0 Å². The van der Waals surface area contributed by atoms with Gasteiger partial charge in [-0.25, -0.2) is 4.98 Å². The Labute approximate surface area is 188 Å². The van der Waals surface area contributed by atoms with Crippen molar-refractivity contribution >= 4 is 23.3 Å². The van der Waals surface area contributed by atoms with Gasteiger partial charge in [0.15, 0.2) is 0 Å². The molecule has 1 amide bonds. The first-order valence-electron chi connectivity index (χ1n) is 10.4. The molecular formula is C25H29N3O2S. The standard InChI is InChI=1S/C25H29N3O2S/c1-20-27-23(19-31-20)18-30-24-12-7-6-11-22(24)13-14-25(29)26-15-8-16-28(2)17-21-9-4-3-5-10-21/h3-7,9-14,19H,8,15-18H2,1-2H3,(H,26,29)/b14-13+. The van der Waals surface area contributed by atoms with Crippen LogP contribution in [0.25, 0.3) is 6.08 Å². The molecule has 5 nitrogen and oxygen atoms in total. The van der Waals surface area contributed by atoms with E-state index in [2.05, 4.69) is 46.5 Å². The van der Waals surface area contributed by atoms with Crippen molar-refractivity contribution in [1.29, 1.82) is 0 Å². The average Bonchev–Trinajstić information content (AvgIpc) is 3.20.